The van der Waals surface area contributed by atoms with Crippen LogP contribution in [0.4, 0.5) is 0 Å². The van der Waals surface area contributed by atoms with E-state index in [9.17, 15) is 8.42 Å². The normalized spacial score (nSPS) is 11.9. The number of benzene rings is 2. The molecule has 0 saturated heterocycles. The van der Waals surface area contributed by atoms with Gasteiger partial charge in [-0.1, -0.05) is 44.0 Å². The molecule has 0 aromatic heterocycles. The fraction of sp³-hybridized carbons (Fsp3) is 0.200. The molecule has 2 aromatic rings. The van der Waals surface area contributed by atoms with Crippen LogP contribution in [0.25, 0.3) is 0 Å². The number of hydrogen-bond acceptors (Lipinski definition) is 2. The molecule has 3 nitrogen and oxygen atoms in total. The van der Waals surface area contributed by atoms with Gasteiger partial charge in [0.05, 0.1) is 4.90 Å². The maximum absolute atomic E-state index is 12.6. The minimum Gasteiger partial charge on any atom is -0.207 e. The van der Waals surface area contributed by atoms with Crippen molar-refractivity contribution in [1.29, 1.82) is 0 Å². The first kappa shape index (κ1) is 16.7. The fourth-order valence-electron chi connectivity index (χ4n) is 1.93. The van der Waals surface area contributed by atoms with E-state index in [1.807, 2.05) is 31.2 Å². The number of sulfonamides is 1. The Hall–Kier alpha value is -0.690. The average Bonchev–Trinajstić information content (AvgIpc) is 2.41. The number of hydrogen-bond donors (Lipinski definition) is 0. The Morgan fingerprint density at radius 3 is 2.43 bits per heavy atom. The second kappa shape index (κ2) is 6.60. The van der Waals surface area contributed by atoms with E-state index in [2.05, 4.69) is 31.9 Å². The fourth-order valence-corrected chi connectivity index (χ4v) is 3.87. The summed E-state index contributed by atoms with van der Waals surface area (Å²) in [6.07, 6.45) is 0. The Kier molecular flexibility index (Phi) is 5.24. The van der Waals surface area contributed by atoms with Crippen molar-refractivity contribution in [3.8, 4) is 0 Å². The van der Waals surface area contributed by atoms with E-state index >= 15 is 0 Å². The number of aryl methyl sites for hydroxylation is 1. The quantitative estimate of drug-likeness (QED) is 0.720. The van der Waals surface area contributed by atoms with Crippen molar-refractivity contribution in [2.45, 2.75) is 18.4 Å². The predicted octanol–water partition coefficient (Wildman–Crippen LogP) is 4.34. The highest BCUT2D eigenvalue weighted by Gasteiger charge is 2.21. The van der Waals surface area contributed by atoms with Gasteiger partial charge in [0, 0.05) is 22.5 Å². The number of halogens is 2. The lowest BCUT2D eigenvalue weighted by Gasteiger charge is -2.18. The molecule has 2 aromatic carbocycles. The van der Waals surface area contributed by atoms with Crippen LogP contribution in [0.2, 0.25) is 0 Å². The number of nitrogens with zero attached hydrogens (tertiary/aromatic N) is 1. The third-order valence-corrected chi connectivity index (χ3v) is 6.31. The van der Waals surface area contributed by atoms with Crippen LogP contribution in [0, 0.1) is 6.92 Å². The Bertz CT molecular complexity index is 760. The lowest BCUT2D eigenvalue weighted by atomic mass is 10.2. The van der Waals surface area contributed by atoms with Crippen LogP contribution in [-0.2, 0) is 16.6 Å². The van der Waals surface area contributed by atoms with Crippen molar-refractivity contribution in [1.82, 2.24) is 4.31 Å². The molecule has 0 bridgehead atoms. The molecule has 0 heterocycles. The lowest BCUT2D eigenvalue weighted by Crippen LogP contribution is -2.26. The van der Waals surface area contributed by atoms with E-state index in [0.29, 0.717) is 11.4 Å². The molecular formula is C15H15Br2NO2S. The van der Waals surface area contributed by atoms with Gasteiger partial charge >= 0.3 is 0 Å². The monoisotopic (exact) mass is 431 g/mol. The van der Waals surface area contributed by atoms with Crippen LogP contribution < -0.4 is 0 Å². The highest BCUT2D eigenvalue weighted by Crippen LogP contribution is 2.23. The third-order valence-electron chi connectivity index (χ3n) is 3.13. The van der Waals surface area contributed by atoms with Gasteiger partial charge < -0.3 is 0 Å². The summed E-state index contributed by atoms with van der Waals surface area (Å²) >= 11 is 6.77. The Balaban J connectivity index is 2.28. The van der Waals surface area contributed by atoms with E-state index in [1.54, 1.807) is 25.2 Å². The predicted molar refractivity (Wildman–Crippen MR) is 91.7 cm³/mol. The summed E-state index contributed by atoms with van der Waals surface area (Å²) in [7, 11) is -1.90. The standard InChI is InChI=1S/C15H15Br2NO2S/c1-11-8-14(6-7-15(11)17)21(19,20)18(2)10-12-4-3-5-13(16)9-12/h3-9H,10H2,1-2H3. The second-order valence-corrected chi connectivity index (χ2v) is 8.62. The molecule has 21 heavy (non-hydrogen) atoms. The molecule has 0 saturated carbocycles. The smallest absolute Gasteiger partial charge is 0.207 e. The highest BCUT2D eigenvalue weighted by molar-refractivity contribution is 9.10. The van der Waals surface area contributed by atoms with E-state index in [-0.39, 0.29) is 0 Å². The first-order chi connectivity index (χ1) is 9.80. The van der Waals surface area contributed by atoms with Crippen LogP contribution >= 0.6 is 31.9 Å². The maximum atomic E-state index is 12.6. The van der Waals surface area contributed by atoms with Crippen molar-refractivity contribution in [3.05, 3.63) is 62.5 Å². The van der Waals surface area contributed by atoms with E-state index in [4.69, 9.17) is 0 Å². The van der Waals surface area contributed by atoms with Gasteiger partial charge in [-0.15, -0.1) is 0 Å². The molecule has 6 heteroatoms. The zero-order valence-corrected chi connectivity index (χ0v) is 15.7. The van der Waals surface area contributed by atoms with Crippen LogP contribution in [0.15, 0.2) is 56.3 Å². The molecule has 0 fully saturated rings. The van der Waals surface area contributed by atoms with Gasteiger partial charge in [0.15, 0.2) is 0 Å². The van der Waals surface area contributed by atoms with Gasteiger partial charge in [-0.05, 0) is 48.4 Å². The Morgan fingerprint density at radius 1 is 1.10 bits per heavy atom. The summed E-state index contributed by atoms with van der Waals surface area (Å²) in [5, 5.41) is 0. The molecule has 0 atom stereocenters. The molecule has 0 amide bonds. The minimum atomic E-state index is -3.49. The minimum absolute atomic E-state index is 0.306. The molecule has 0 aliphatic carbocycles. The zero-order chi connectivity index (χ0) is 15.6. The van der Waals surface area contributed by atoms with Crippen LogP contribution in [0.1, 0.15) is 11.1 Å². The summed E-state index contributed by atoms with van der Waals surface area (Å²) in [4.78, 5) is 0.306. The van der Waals surface area contributed by atoms with Gasteiger partial charge in [-0.25, -0.2) is 8.42 Å². The summed E-state index contributed by atoms with van der Waals surface area (Å²) in [6, 6.07) is 12.7. The van der Waals surface area contributed by atoms with Crippen LogP contribution in [-0.4, -0.2) is 19.8 Å². The first-order valence-corrected chi connectivity index (χ1v) is 9.30. The third kappa shape index (κ3) is 3.94. The maximum Gasteiger partial charge on any atom is 0.243 e. The largest absolute Gasteiger partial charge is 0.243 e. The Labute approximate surface area is 142 Å². The first-order valence-electron chi connectivity index (χ1n) is 6.27. The van der Waals surface area contributed by atoms with Gasteiger partial charge in [0.2, 0.25) is 10.0 Å². The zero-order valence-electron chi connectivity index (χ0n) is 11.7. The molecule has 0 spiro atoms. The van der Waals surface area contributed by atoms with E-state index < -0.39 is 10.0 Å². The van der Waals surface area contributed by atoms with Crippen molar-refractivity contribution in [2.24, 2.45) is 0 Å². The topological polar surface area (TPSA) is 37.4 Å². The van der Waals surface area contributed by atoms with Gasteiger partial charge in [0.25, 0.3) is 0 Å². The van der Waals surface area contributed by atoms with Crippen LogP contribution in [0.3, 0.4) is 0 Å². The summed E-state index contributed by atoms with van der Waals surface area (Å²) in [6.45, 7) is 2.20. The average molecular weight is 433 g/mol. The van der Waals surface area contributed by atoms with Crippen molar-refractivity contribution in [3.63, 3.8) is 0 Å². The highest BCUT2D eigenvalue weighted by atomic mass is 79.9. The molecule has 0 aliphatic rings. The van der Waals surface area contributed by atoms with E-state index in [0.717, 1.165) is 20.1 Å². The SMILES string of the molecule is Cc1cc(S(=O)(=O)N(C)Cc2cccc(Br)c2)ccc1Br. The summed E-state index contributed by atoms with van der Waals surface area (Å²) < 4.78 is 28.4. The van der Waals surface area contributed by atoms with E-state index in [1.165, 1.54) is 4.31 Å². The van der Waals surface area contributed by atoms with Crippen molar-refractivity contribution >= 4 is 41.9 Å². The summed E-state index contributed by atoms with van der Waals surface area (Å²) in [5.41, 5.74) is 1.83. The van der Waals surface area contributed by atoms with Gasteiger partial charge in [-0.2, -0.15) is 4.31 Å². The Morgan fingerprint density at radius 2 is 1.81 bits per heavy atom. The molecule has 0 N–H and O–H groups in total. The number of rotatable bonds is 4. The molecular weight excluding hydrogens is 418 g/mol. The second-order valence-electron chi connectivity index (χ2n) is 4.80. The van der Waals surface area contributed by atoms with Gasteiger partial charge in [-0.3, -0.25) is 0 Å². The molecule has 0 unspecified atom stereocenters. The van der Waals surface area contributed by atoms with Gasteiger partial charge in [0.1, 0.15) is 0 Å². The lowest BCUT2D eigenvalue weighted by molar-refractivity contribution is 0.466. The summed E-state index contributed by atoms with van der Waals surface area (Å²) in [5.74, 6) is 0. The molecule has 0 aliphatic heterocycles. The van der Waals surface area contributed by atoms with Crippen molar-refractivity contribution < 1.29 is 8.42 Å². The van der Waals surface area contributed by atoms with Crippen LogP contribution in [0.5, 0.6) is 0 Å². The molecule has 112 valence electrons. The molecule has 2 rings (SSSR count). The van der Waals surface area contributed by atoms with Crippen molar-refractivity contribution in [2.75, 3.05) is 7.05 Å². The molecule has 0 radical (unpaired) electrons.